The maximum Gasteiger partial charge on any atom is 0.150 e. The molecule has 0 aliphatic heterocycles. The third-order valence-electron chi connectivity index (χ3n) is 7.67. The van der Waals surface area contributed by atoms with Crippen molar-refractivity contribution in [2.75, 3.05) is 41.4 Å². The monoisotopic (exact) mass is 582 g/mol. The van der Waals surface area contributed by atoms with E-state index < -0.39 is 0 Å². The molecule has 0 N–H and O–H groups in total. The molecule has 7 nitrogen and oxygen atoms in total. The molecule has 0 saturated heterocycles. The fraction of sp³-hybridized carbons (Fsp3) is 0.333. The molecule has 226 valence electrons. The largest absolute Gasteiger partial charge is 0.388 e. The van der Waals surface area contributed by atoms with Crippen LogP contribution in [0.3, 0.4) is 0 Å². The number of methoxy groups -OCH3 is 1. The molecule has 5 aromatic rings. The van der Waals surface area contributed by atoms with Crippen molar-refractivity contribution in [2.45, 2.75) is 39.8 Å². The van der Waals surface area contributed by atoms with Gasteiger partial charge in [0.15, 0.2) is 25.1 Å². The number of carbonyl (C=O) groups is 4. The van der Waals surface area contributed by atoms with Crippen molar-refractivity contribution in [3.05, 3.63) is 70.8 Å². The summed E-state index contributed by atoms with van der Waals surface area (Å²) >= 11 is 0. The minimum Gasteiger partial charge on any atom is -0.388 e. The number of aldehydes is 4. The van der Waals surface area contributed by atoms with Gasteiger partial charge in [0.25, 0.3) is 0 Å². The van der Waals surface area contributed by atoms with Crippen molar-refractivity contribution in [3.8, 4) is 0 Å². The molecule has 0 saturated carbocycles. The summed E-state index contributed by atoms with van der Waals surface area (Å²) in [6.07, 6.45) is 3.02. The molecule has 7 heteroatoms. The Balaban J connectivity index is 0.000000286. The van der Waals surface area contributed by atoms with Crippen LogP contribution in [-0.2, 0) is 4.74 Å². The molecule has 0 aliphatic rings. The van der Waals surface area contributed by atoms with Gasteiger partial charge in [-0.3, -0.25) is 24.1 Å². The molecule has 0 radical (unpaired) electrons. The summed E-state index contributed by atoms with van der Waals surface area (Å²) in [6.45, 7) is 11.4. The molecule has 0 bridgehead atoms. The van der Waals surface area contributed by atoms with E-state index >= 15 is 0 Å². The maximum absolute atomic E-state index is 11.6. The molecule has 0 spiro atoms. The first-order chi connectivity index (χ1) is 20.6. The lowest BCUT2D eigenvalue weighted by Gasteiger charge is -2.31. The van der Waals surface area contributed by atoms with Gasteiger partial charge in [-0.15, -0.1) is 0 Å². The van der Waals surface area contributed by atoms with E-state index in [2.05, 4.69) is 56.3 Å². The Labute approximate surface area is 253 Å². The van der Waals surface area contributed by atoms with E-state index in [1.54, 1.807) is 38.5 Å². The first kappa shape index (κ1) is 33.5. The minimum absolute atomic E-state index is 0.455. The molecule has 5 aromatic carbocycles. The summed E-state index contributed by atoms with van der Waals surface area (Å²) in [5, 5.41) is 6.40. The molecule has 0 amide bonds. The first-order valence-corrected chi connectivity index (χ1v) is 14.4. The molecule has 43 heavy (non-hydrogen) atoms. The Hall–Kier alpha value is -4.04. The van der Waals surface area contributed by atoms with Gasteiger partial charge in [0.05, 0.1) is 0 Å². The average Bonchev–Trinajstić information content (AvgIpc) is 2.99. The van der Waals surface area contributed by atoms with Crippen molar-refractivity contribution in [2.24, 2.45) is 0 Å². The molecular formula is C36H42N2O5. The lowest BCUT2D eigenvalue weighted by atomic mass is 9.85. The van der Waals surface area contributed by atoms with E-state index in [0.29, 0.717) is 45.1 Å². The third kappa shape index (κ3) is 6.80. The van der Waals surface area contributed by atoms with E-state index in [1.807, 2.05) is 24.3 Å². The first-order valence-electron chi connectivity index (χ1n) is 14.4. The highest BCUT2D eigenvalue weighted by atomic mass is 16.4. The van der Waals surface area contributed by atoms with Crippen LogP contribution in [0.25, 0.3) is 43.1 Å². The molecule has 0 aliphatic carbocycles. The Morgan fingerprint density at radius 2 is 0.814 bits per heavy atom. The maximum atomic E-state index is 11.6. The summed E-state index contributed by atoms with van der Waals surface area (Å²) < 4.78 is 4.25. The Morgan fingerprint density at radius 3 is 1.02 bits per heavy atom. The summed E-state index contributed by atoms with van der Waals surface area (Å²) in [4.78, 5) is 51.3. The van der Waals surface area contributed by atoms with Gasteiger partial charge in [-0.25, -0.2) is 0 Å². The lowest BCUT2D eigenvalue weighted by molar-refractivity contribution is 0.111. The summed E-state index contributed by atoms with van der Waals surface area (Å²) in [5.74, 6) is 0. The van der Waals surface area contributed by atoms with Crippen LogP contribution in [0.1, 0.15) is 69.1 Å². The highest BCUT2D eigenvalue weighted by molar-refractivity contribution is 6.36. The number of nitrogens with zero attached hydrogens (tertiary/aromatic N) is 2. The normalized spacial score (nSPS) is 11.3. The fourth-order valence-corrected chi connectivity index (χ4v) is 5.82. The van der Waals surface area contributed by atoms with Crippen LogP contribution in [-0.4, -0.2) is 88.4 Å². The van der Waals surface area contributed by atoms with Crippen LogP contribution in [0.5, 0.6) is 0 Å². The van der Waals surface area contributed by atoms with E-state index in [4.69, 9.17) is 0 Å². The van der Waals surface area contributed by atoms with Gasteiger partial charge in [-0.1, -0.05) is 48.5 Å². The molecular weight excluding hydrogens is 540 g/mol. The van der Waals surface area contributed by atoms with Crippen molar-refractivity contribution < 1.29 is 23.9 Å². The SMILES string of the molecule is CC(C)N(CCN(C)C)C(C)C.COC.O=Cc1ccc2c3ccc(C=O)c4c(C=O)ccc(c5ccc(C=O)c1c25)c43. The number of rotatable bonds is 9. The highest BCUT2D eigenvalue weighted by Gasteiger charge is 2.19. The van der Waals surface area contributed by atoms with Gasteiger partial charge < -0.3 is 9.64 Å². The van der Waals surface area contributed by atoms with Gasteiger partial charge in [-0.2, -0.15) is 0 Å². The molecule has 5 rings (SSSR count). The van der Waals surface area contributed by atoms with Crippen LogP contribution in [0, 0.1) is 0 Å². The summed E-state index contributed by atoms with van der Waals surface area (Å²) in [6, 6.07) is 15.6. The third-order valence-corrected chi connectivity index (χ3v) is 7.67. The van der Waals surface area contributed by atoms with E-state index in [0.717, 1.165) is 64.0 Å². The van der Waals surface area contributed by atoms with E-state index in [1.165, 1.54) is 6.54 Å². The van der Waals surface area contributed by atoms with Crippen LogP contribution in [0.2, 0.25) is 0 Å². The Bertz CT molecular complexity index is 1510. The van der Waals surface area contributed by atoms with Crippen molar-refractivity contribution in [1.29, 1.82) is 0 Å². The Morgan fingerprint density at radius 1 is 0.535 bits per heavy atom. The van der Waals surface area contributed by atoms with Crippen LogP contribution >= 0.6 is 0 Å². The lowest BCUT2D eigenvalue weighted by Crippen LogP contribution is -2.41. The number of hydrogen-bond donors (Lipinski definition) is 0. The average molecular weight is 583 g/mol. The predicted octanol–water partition coefficient (Wildman–Crippen LogP) is 6.92. The van der Waals surface area contributed by atoms with Gasteiger partial charge >= 0.3 is 0 Å². The smallest absolute Gasteiger partial charge is 0.150 e. The molecule has 0 unspecified atom stereocenters. The van der Waals surface area contributed by atoms with Crippen LogP contribution in [0.15, 0.2) is 48.5 Å². The summed E-state index contributed by atoms with van der Waals surface area (Å²) in [5.41, 5.74) is 1.82. The number of likely N-dealkylation sites (N-methyl/N-ethyl adjacent to an activating group) is 1. The standard InChI is InChI=1S/C24H12O4.C10H24N2.C2H6O/c25-9-13-1-5-17-18-6-3-15(11-27)22-16(12-28)4-8-20(24(18)22)19-7-2-14(10-26)21(13)23(17)19;1-9(2)12(10(3)4)8-7-11(5)6;1-3-2/h1-12H;9-10H,7-8H2,1-6H3;1-2H3. The van der Waals surface area contributed by atoms with Gasteiger partial charge in [0, 0.05) is 72.4 Å². The van der Waals surface area contributed by atoms with Crippen molar-refractivity contribution in [3.63, 3.8) is 0 Å². The zero-order valence-electron chi connectivity index (χ0n) is 26.4. The molecule has 0 fully saturated rings. The summed E-state index contributed by atoms with van der Waals surface area (Å²) in [7, 11) is 7.50. The topological polar surface area (TPSA) is 84.0 Å². The number of benzene rings is 5. The van der Waals surface area contributed by atoms with Gasteiger partial charge in [0.2, 0.25) is 0 Å². The van der Waals surface area contributed by atoms with E-state index in [-0.39, 0.29) is 0 Å². The molecule has 0 atom stereocenters. The number of ether oxygens (including phenoxy) is 1. The van der Waals surface area contributed by atoms with Crippen LogP contribution in [0.4, 0.5) is 0 Å². The number of fused-ring (bicyclic) bond motifs is 2. The highest BCUT2D eigenvalue weighted by Crippen LogP contribution is 2.43. The second kappa shape index (κ2) is 14.9. The molecule has 0 heterocycles. The van der Waals surface area contributed by atoms with Gasteiger partial charge in [0.1, 0.15) is 0 Å². The molecule has 0 aromatic heterocycles. The predicted molar refractivity (Wildman–Crippen MR) is 178 cm³/mol. The Kier molecular flexibility index (Phi) is 11.6. The quantitative estimate of drug-likeness (QED) is 0.106. The zero-order valence-corrected chi connectivity index (χ0v) is 26.4. The van der Waals surface area contributed by atoms with Crippen LogP contribution < -0.4 is 0 Å². The number of hydrogen-bond acceptors (Lipinski definition) is 7. The second-order valence-corrected chi connectivity index (χ2v) is 11.4. The van der Waals surface area contributed by atoms with Gasteiger partial charge in [-0.05, 0) is 74.1 Å². The van der Waals surface area contributed by atoms with Crippen molar-refractivity contribution in [1.82, 2.24) is 9.80 Å². The minimum atomic E-state index is 0.455. The van der Waals surface area contributed by atoms with Crippen molar-refractivity contribution >= 4 is 68.2 Å². The zero-order chi connectivity index (χ0) is 31.8. The number of carbonyl (C=O) groups excluding carboxylic acids is 4. The second-order valence-electron chi connectivity index (χ2n) is 11.4. The van der Waals surface area contributed by atoms with E-state index in [9.17, 15) is 19.2 Å². The fourth-order valence-electron chi connectivity index (χ4n) is 5.82.